The molecular formula is C28H17F4N3. The van der Waals surface area contributed by atoms with Crippen molar-refractivity contribution in [3.05, 3.63) is 126 Å². The van der Waals surface area contributed by atoms with E-state index in [4.69, 9.17) is 0 Å². The number of nitrogens with zero attached hydrogens (tertiary/aromatic N) is 3. The fourth-order valence-corrected chi connectivity index (χ4v) is 3.75. The van der Waals surface area contributed by atoms with Crippen molar-refractivity contribution in [2.75, 3.05) is 4.90 Å². The van der Waals surface area contributed by atoms with Crippen LogP contribution in [0.3, 0.4) is 0 Å². The monoisotopic (exact) mass is 471 g/mol. The number of halogens is 4. The van der Waals surface area contributed by atoms with Crippen LogP contribution >= 0.6 is 0 Å². The molecule has 0 aliphatic heterocycles. The number of hydrogen-bond donors (Lipinski definition) is 0. The summed E-state index contributed by atoms with van der Waals surface area (Å²) in [7, 11) is 0. The molecule has 2 aromatic heterocycles. The fourth-order valence-electron chi connectivity index (χ4n) is 3.75. The SMILES string of the molecule is Fc1ccc(-c2cccc(N(c3ccccc3)c3cccc(-c4ccc(F)cc4F)n3)n2)c(F)c1. The van der Waals surface area contributed by atoms with Gasteiger partial charge in [0.1, 0.15) is 34.9 Å². The van der Waals surface area contributed by atoms with E-state index in [1.54, 1.807) is 41.3 Å². The molecule has 5 aromatic rings. The molecule has 0 aliphatic carbocycles. The van der Waals surface area contributed by atoms with Gasteiger partial charge in [-0.2, -0.15) is 0 Å². The zero-order valence-corrected chi connectivity index (χ0v) is 18.2. The van der Waals surface area contributed by atoms with Crippen LogP contribution in [0.1, 0.15) is 0 Å². The van der Waals surface area contributed by atoms with Crippen molar-refractivity contribution in [3.63, 3.8) is 0 Å². The summed E-state index contributed by atoms with van der Waals surface area (Å²) in [5.41, 5.74) is 1.62. The van der Waals surface area contributed by atoms with E-state index < -0.39 is 23.3 Å². The predicted octanol–water partition coefficient (Wildman–Crippen LogP) is 7.84. The lowest BCUT2D eigenvalue weighted by atomic mass is 10.1. The van der Waals surface area contributed by atoms with E-state index in [0.717, 1.165) is 12.1 Å². The maximum absolute atomic E-state index is 14.5. The van der Waals surface area contributed by atoms with Crippen LogP contribution in [0.25, 0.3) is 22.5 Å². The Bertz CT molecular complexity index is 1410. The maximum atomic E-state index is 14.5. The van der Waals surface area contributed by atoms with E-state index in [1.165, 1.54) is 24.3 Å². The number of rotatable bonds is 5. The molecule has 0 fully saturated rings. The Morgan fingerprint density at radius 2 is 0.971 bits per heavy atom. The van der Waals surface area contributed by atoms with E-state index in [-0.39, 0.29) is 11.1 Å². The van der Waals surface area contributed by atoms with Crippen LogP contribution in [0.2, 0.25) is 0 Å². The third-order valence-electron chi connectivity index (χ3n) is 5.36. The van der Waals surface area contributed by atoms with Gasteiger partial charge in [0.25, 0.3) is 0 Å². The summed E-state index contributed by atoms with van der Waals surface area (Å²) >= 11 is 0. The third-order valence-corrected chi connectivity index (χ3v) is 5.36. The minimum atomic E-state index is -0.729. The van der Waals surface area contributed by atoms with Crippen LogP contribution in [0.4, 0.5) is 34.9 Å². The second-order valence-corrected chi connectivity index (χ2v) is 7.68. The normalized spacial score (nSPS) is 10.9. The van der Waals surface area contributed by atoms with Crippen LogP contribution in [-0.2, 0) is 0 Å². The summed E-state index contributed by atoms with van der Waals surface area (Å²) in [6, 6.07) is 26.0. The van der Waals surface area contributed by atoms with Gasteiger partial charge in [0.15, 0.2) is 0 Å². The second kappa shape index (κ2) is 9.38. The Kier molecular flexibility index (Phi) is 5.97. The number of para-hydroxylation sites is 1. The highest BCUT2D eigenvalue weighted by Crippen LogP contribution is 2.35. The molecule has 0 unspecified atom stereocenters. The Hall–Kier alpha value is -4.52. The van der Waals surface area contributed by atoms with Crippen LogP contribution in [-0.4, -0.2) is 9.97 Å². The van der Waals surface area contributed by atoms with Crippen LogP contribution < -0.4 is 4.90 Å². The number of benzene rings is 3. The largest absolute Gasteiger partial charge is 0.279 e. The highest BCUT2D eigenvalue weighted by atomic mass is 19.1. The highest BCUT2D eigenvalue weighted by Gasteiger charge is 2.18. The molecule has 3 aromatic carbocycles. The summed E-state index contributed by atoms with van der Waals surface area (Å²) < 4.78 is 55.7. The molecule has 3 nitrogen and oxygen atoms in total. The first-order valence-electron chi connectivity index (χ1n) is 10.7. The van der Waals surface area contributed by atoms with Gasteiger partial charge in [-0.3, -0.25) is 4.90 Å². The molecule has 0 N–H and O–H groups in total. The maximum Gasteiger partial charge on any atom is 0.139 e. The summed E-state index contributed by atoms with van der Waals surface area (Å²) in [5, 5.41) is 0. The van der Waals surface area contributed by atoms with Gasteiger partial charge in [0, 0.05) is 28.9 Å². The van der Waals surface area contributed by atoms with Crippen molar-refractivity contribution in [1.29, 1.82) is 0 Å². The minimum Gasteiger partial charge on any atom is -0.279 e. The van der Waals surface area contributed by atoms with E-state index in [1.807, 2.05) is 30.3 Å². The molecule has 2 heterocycles. The molecule has 172 valence electrons. The molecule has 35 heavy (non-hydrogen) atoms. The molecule has 0 spiro atoms. The van der Waals surface area contributed by atoms with Gasteiger partial charge >= 0.3 is 0 Å². The smallest absolute Gasteiger partial charge is 0.139 e. The molecule has 0 saturated heterocycles. The van der Waals surface area contributed by atoms with Gasteiger partial charge in [-0.05, 0) is 60.7 Å². The summed E-state index contributed by atoms with van der Waals surface area (Å²) in [4.78, 5) is 11.0. The predicted molar refractivity (Wildman–Crippen MR) is 127 cm³/mol. The van der Waals surface area contributed by atoms with E-state index >= 15 is 0 Å². The average Bonchev–Trinajstić information content (AvgIpc) is 2.85. The Labute approximate surface area is 199 Å². The Balaban J connectivity index is 1.64. The van der Waals surface area contributed by atoms with Crippen molar-refractivity contribution in [2.45, 2.75) is 0 Å². The topological polar surface area (TPSA) is 29.0 Å². The van der Waals surface area contributed by atoms with Crippen molar-refractivity contribution in [1.82, 2.24) is 9.97 Å². The zero-order chi connectivity index (χ0) is 24.4. The lowest BCUT2D eigenvalue weighted by Crippen LogP contribution is -2.13. The molecule has 5 rings (SSSR count). The minimum absolute atomic E-state index is 0.149. The molecule has 0 radical (unpaired) electrons. The third kappa shape index (κ3) is 4.61. The first-order valence-corrected chi connectivity index (χ1v) is 10.7. The molecule has 0 saturated carbocycles. The molecule has 0 atom stereocenters. The standard InChI is InChI=1S/C28H17F4N3/c29-18-12-14-21(23(31)16-18)25-8-4-10-27(33-25)35(20-6-2-1-3-7-20)28-11-5-9-26(34-28)22-15-13-19(30)17-24(22)32/h1-17H. The van der Waals surface area contributed by atoms with E-state index in [9.17, 15) is 17.6 Å². The van der Waals surface area contributed by atoms with E-state index in [2.05, 4.69) is 9.97 Å². The number of hydrogen-bond acceptors (Lipinski definition) is 3. The van der Waals surface area contributed by atoms with Gasteiger partial charge in [-0.25, -0.2) is 27.5 Å². The number of aromatic nitrogens is 2. The highest BCUT2D eigenvalue weighted by molar-refractivity contribution is 5.75. The summed E-state index contributed by atoms with van der Waals surface area (Å²) in [6.45, 7) is 0. The molecule has 0 bridgehead atoms. The Morgan fingerprint density at radius 1 is 0.486 bits per heavy atom. The van der Waals surface area contributed by atoms with Gasteiger partial charge in [-0.15, -0.1) is 0 Å². The summed E-state index contributed by atoms with van der Waals surface area (Å²) in [6.07, 6.45) is 0. The lowest BCUT2D eigenvalue weighted by molar-refractivity contribution is 0.584. The van der Waals surface area contributed by atoms with Crippen LogP contribution in [0.5, 0.6) is 0 Å². The number of pyridine rings is 2. The zero-order valence-electron chi connectivity index (χ0n) is 18.2. The van der Waals surface area contributed by atoms with Crippen molar-refractivity contribution >= 4 is 17.3 Å². The quantitative estimate of drug-likeness (QED) is 0.245. The number of anilines is 3. The first kappa shape index (κ1) is 22.3. The molecule has 7 heteroatoms. The van der Waals surface area contributed by atoms with Gasteiger partial charge in [-0.1, -0.05) is 30.3 Å². The molecule has 0 amide bonds. The van der Waals surface area contributed by atoms with Gasteiger partial charge in [0.2, 0.25) is 0 Å². The van der Waals surface area contributed by atoms with Crippen LogP contribution in [0, 0.1) is 23.3 Å². The Morgan fingerprint density at radius 3 is 1.43 bits per heavy atom. The van der Waals surface area contributed by atoms with Gasteiger partial charge < -0.3 is 0 Å². The van der Waals surface area contributed by atoms with E-state index in [0.29, 0.717) is 28.7 Å². The van der Waals surface area contributed by atoms with Crippen LogP contribution in [0.15, 0.2) is 103 Å². The fraction of sp³-hybridized carbons (Fsp3) is 0. The van der Waals surface area contributed by atoms with Crippen molar-refractivity contribution in [3.8, 4) is 22.5 Å². The van der Waals surface area contributed by atoms with Gasteiger partial charge in [0.05, 0.1) is 11.4 Å². The first-order chi connectivity index (χ1) is 17.0. The molecular weight excluding hydrogens is 454 g/mol. The average molecular weight is 471 g/mol. The van der Waals surface area contributed by atoms with Crippen molar-refractivity contribution in [2.24, 2.45) is 0 Å². The lowest BCUT2D eigenvalue weighted by Gasteiger charge is -2.24. The second-order valence-electron chi connectivity index (χ2n) is 7.68. The molecule has 0 aliphatic rings. The van der Waals surface area contributed by atoms with Crippen molar-refractivity contribution < 1.29 is 17.6 Å². The summed E-state index contributed by atoms with van der Waals surface area (Å²) in [5.74, 6) is -1.98.